The molecule has 3 nitrogen and oxygen atoms in total. The van der Waals surface area contributed by atoms with E-state index in [-0.39, 0.29) is 17.2 Å². The van der Waals surface area contributed by atoms with Gasteiger partial charge in [-0.25, -0.2) is 0 Å². The van der Waals surface area contributed by atoms with Crippen molar-refractivity contribution >= 4 is 11.6 Å². The molecule has 1 rings (SSSR count). The molecule has 1 unspecified atom stereocenters. The van der Waals surface area contributed by atoms with E-state index in [1.807, 2.05) is 12.1 Å². The first-order valence-electron chi connectivity index (χ1n) is 7.34. The van der Waals surface area contributed by atoms with E-state index in [0.29, 0.717) is 12.5 Å². The van der Waals surface area contributed by atoms with Crippen LogP contribution < -0.4 is 11.1 Å². The average molecular weight is 276 g/mol. The molecule has 0 fully saturated rings. The van der Waals surface area contributed by atoms with Crippen LogP contribution in [-0.2, 0) is 4.79 Å². The lowest BCUT2D eigenvalue weighted by atomic mass is 9.84. The molecule has 1 amide bonds. The number of carbonyl (C=O) groups is 1. The Morgan fingerprint density at radius 1 is 1.20 bits per heavy atom. The van der Waals surface area contributed by atoms with Crippen molar-refractivity contribution in [3.63, 3.8) is 0 Å². The standard InChI is InChI=1S/C17H28N2O/c1-12(2)13-6-8-15(9-7-13)19-16(20)14(11-18)10-17(3,4)5/h6-9,12,14H,10-11,18H2,1-5H3,(H,19,20). The summed E-state index contributed by atoms with van der Waals surface area (Å²) in [6.45, 7) is 11.1. The van der Waals surface area contributed by atoms with Gasteiger partial charge in [-0.3, -0.25) is 4.79 Å². The van der Waals surface area contributed by atoms with Gasteiger partial charge in [0.25, 0.3) is 0 Å². The van der Waals surface area contributed by atoms with Crippen molar-refractivity contribution in [3.8, 4) is 0 Å². The van der Waals surface area contributed by atoms with E-state index in [1.165, 1.54) is 5.56 Å². The molecule has 0 spiro atoms. The second-order valence-electron chi connectivity index (χ2n) is 6.96. The Hall–Kier alpha value is -1.35. The van der Waals surface area contributed by atoms with E-state index in [2.05, 4.69) is 52.1 Å². The summed E-state index contributed by atoms with van der Waals surface area (Å²) < 4.78 is 0. The van der Waals surface area contributed by atoms with Crippen LogP contribution in [0, 0.1) is 11.3 Å². The average Bonchev–Trinajstić information content (AvgIpc) is 2.35. The number of carbonyl (C=O) groups excluding carboxylic acids is 1. The third-order valence-corrected chi connectivity index (χ3v) is 3.36. The van der Waals surface area contributed by atoms with Gasteiger partial charge in [-0.05, 0) is 35.4 Å². The van der Waals surface area contributed by atoms with Gasteiger partial charge in [-0.2, -0.15) is 0 Å². The van der Waals surface area contributed by atoms with E-state index < -0.39 is 0 Å². The predicted molar refractivity (Wildman–Crippen MR) is 85.8 cm³/mol. The van der Waals surface area contributed by atoms with E-state index >= 15 is 0 Å². The number of nitrogens with two attached hydrogens (primary N) is 1. The molecule has 0 radical (unpaired) electrons. The molecule has 20 heavy (non-hydrogen) atoms. The summed E-state index contributed by atoms with van der Waals surface area (Å²) in [6.07, 6.45) is 0.791. The summed E-state index contributed by atoms with van der Waals surface area (Å²) in [5, 5.41) is 2.96. The van der Waals surface area contributed by atoms with Crippen molar-refractivity contribution in [1.82, 2.24) is 0 Å². The largest absolute Gasteiger partial charge is 0.330 e. The fourth-order valence-electron chi connectivity index (χ4n) is 2.22. The Bertz CT molecular complexity index is 429. The molecule has 0 aliphatic heterocycles. The Morgan fingerprint density at radius 3 is 2.15 bits per heavy atom. The molecule has 0 aliphatic rings. The summed E-state index contributed by atoms with van der Waals surface area (Å²) >= 11 is 0. The van der Waals surface area contributed by atoms with Crippen LogP contribution in [0.5, 0.6) is 0 Å². The van der Waals surface area contributed by atoms with E-state index in [0.717, 1.165) is 12.1 Å². The van der Waals surface area contributed by atoms with Crippen molar-refractivity contribution in [1.29, 1.82) is 0 Å². The number of benzene rings is 1. The van der Waals surface area contributed by atoms with Gasteiger partial charge in [0.2, 0.25) is 5.91 Å². The number of amides is 1. The maximum absolute atomic E-state index is 12.2. The first-order valence-corrected chi connectivity index (χ1v) is 7.34. The molecule has 0 bridgehead atoms. The van der Waals surface area contributed by atoms with Gasteiger partial charge in [0.1, 0.15) is 0 Å². The van der Waals surface area contributed by atoms with Gasteiger partial charge in [0.15, 0.2) is 0 Å². The van der Waals surface area contributed by atoms with Crippen LogP contribution in [0.4, 0.5) is 5.69 Å². The highest BCUT2D eigenvalue weighted by atomic mass is 16.1. The SMILES string of the molecule is CC(C)c1ccc(NC(=O)C(CN)CC(C)(C)C)cc1. The quantitative estimate of drug-likeness (QED) is 0.860. The second kappa shape index (κ2) is 6.89. The number of hydrogen-bond donors (Lipinski definition) is 2. The van der Waals surface area contributed by atoms with E-state index in [9.17, 15) is 4.79 Å². The number of hydrogen-bond acceptors (Lipinski definition) is 2. The number of nitrogens with one attached hydrogen (secondary N) is 1. The first kappa shape index (κ1) is 16.7. The molecule has 112 valence electrons. The van der Waals surface area contributed by atoms with Crippen LogP contribution >= 0.6 is 0 Å². The molecule has 3 heteroatoms. The maximum atomic E-state index is 12.2. The molecular formula is C17H28N2O. The van der Waals surface area contributed by atoms with Crippen molar-refractivity contribution in [2.24, 2.45) is 17.1 Å². The lowest BCUT2D eigenvalue weighted by Crippen LogP contribution is -2.32. The minimum Gasteiger partial charge on any atom is -0.330 e. The highest BCUT2D eigenvalue weighted by Crippen LogP contribution is 2.25. The molecule has 0 aromatic heterocycles. The van der Waals surface area contributed by atoms with E-state index in [4.69, 9.17) is 5.73 Å². The molecule has 1 aromatic rings. The van der Waals surface area contributed by atoms with Crippen molar-refractivity contribution in [2.75, 3.05) is 11.9 Å². The Balaban J connectivity index is 2.68. The zero-order valence-corrected chi connectivity index (χ0v) is 13.4. The van der Waals surface area contributed by atoms with Gasteiger partial charge in [0, 0.05) is 12.2 Å². The number of rotatable bonds is 5. The van der Waals surface area contributed by atoms with Crippen LogP contribution in [0.2, 0.25) is 0 Å². The monoisotopic (exact) mass is 276 g/mol. The second-order valence-corrected chi connectivity index (χ2v) is 6.96. The predicted octanol–water partition coefficient (Wildman–Crippen LogP) is 3.76. The third-order valence-electron chi connectivity index (χ3n) is 3.36. The van der Waals surface area contributed by atoms with Gasteiger partial charge in [-0.1, -0.05) is 46.8 Å². The van der Waals surface area contributed by atoms with E-state index in [1.54, 1.807) is 0 Å². The van der Waals surface area contributed by atoms with Crippen LogP contribution in [0.3, 0.4) is 0 Å². The summed E-state index contributed by atoms with van der Waals surface area (Å²) in [6, 6.07) is 8.03. The lowest BCUT2D eigenvalue weighted by molar-refractivity contribution is -0.120. The minimum atomic E-state index is -0.139. The minimum absolute atomic E-state index is 0.0136. The van der Waals surface area contributed by atoms with Crippen LogP contribution in [0.25, 0.3) is 0 Å². The fraction of sp³-hybridized carbons (Fsp3) is 0.588. The Morgan fingerprint density at radius 2 is 1.75 bits per heavy atom. The van der Waals surface area contributed by atoms with Gasteiger partial charge >= 0.3 is 0 Å². The molecule has 3 N–H and O–H groups in total. The smallest absolute Gasteiger partial charge is 0.228 e. The Kier molecular flexibility index (Phi) is 5.75. The fourth-order valence-corrected chi connectivity index (χ4v) is 2.22. The maximum Gasteiger partial charge on any atom is 0.228 e. The first-order chi connectivity index (χ1) is 9.23. The summed E-state index contributed by atoms with van der Waals surface area (Å²) in [7, 11) is 0. The highest BCUT2D eigenvalue weighted by Gasteiger charge is 2.23. The topological polar surface area (TPSA) is 55.1 Å². The number of anilines is 1. The van der Waals surface area contributed by atoms with Crippen molar-refractivity contribution in [3.05, 3.63) is 29.8 Å². The summed E-state index contributed by atoms with van der Waals surface area (Å²) in [5.41, 5.74) is 7.95. The molecular weight excluding hydrogens is 248 g/mol. The Labute approximate surface area is 122 Å². The molecule has 0 saturated heterocycles. The lowest BCUT2D eigenvalue weighted by Gasteiger charge is -2.24. The van der Waals surface area contributed by atoms with Gasteiger partial charge in [0.05, 0.1) is 5.92 Å². The van der Waals surface area contributed by atoms with Gasteiger partial charge < -0.3 is 11.1 Å². The molecule has 1 atom stereocenters. The molecule has 0 aliphatic carbocycles. The third kappa shape index (κ3) is 5.33. The normalized spacial score (nSPS) is 13.3. The van der Waals surface area contributed by atoms with Crippen LogP contribution in [-0.4, -0.2) is 12.5 Å². The van der Waals surface area contributed by atoms with Gasteiger partial charge in [-0.15, -0.1) is 0 Å². The van der Waals surface area contributed by atoms with Crippen molar-refractivity contribution in [2.45, 2.75) is 47.0 Å². The molecule has 0 saturated carbocycles. The van der Waals surface area contributed by atoms with Crippen molar-refractivity contribution < 1.29 is 4.79 Å². The highest BCUT2D eigenvalue weighted by molar-refractivity contribution is 5.92. The molecule has 1 aromatic carbocycles. The summed E-state index contributed by atoms with van der Waals surface area (Å²) in [4.78, 5) is 12.2. The zero-order chi connectivity index (χ0) is 15.3. The summed E-state index contributed by atoms with van der Waals surface area (Å²) in [5.74, 6) is 0.372. The van der Waals surface area contributed by atoms with Crippen LogP contribution in [0.1, 0.15) is 52.5 Å². The zero-order valence-electron chi connectivity index (χ0n) is 13.4. The molecule has 0 heterocycles. The van der Waals surface area contributed by atoms with Crippen LogP contribution in [0.15, 0.2) is 24.3 Å².